The molecular weight excluding hydrogens is 350 g/mol. The molecule has 0 saturated carbocycles. The highest BCUT2D eigenvalue weighted by Crippen LogP contribution is 2.25. The van der Waals surface area contributed by atoms with Crippen LogP contribution in [0.4, 0.5) is 0 Å². The zero-order valence-corrected chi connectivity index (χ0v) is 15.9. The number of nitrogens with two attached hydrogens (primary N) is 1. The molecule has 1 saturated heterocycles. The molecule has 1 aliphatic rings. The summed E-state index contributed by atoms with van der Waals surface area (Å²) in [4.78, 5) is 27.2. The lowest BCUT2D eigenvalue weighted by molar-refractivity contribution is -0.117. The van der Waals surface area contributed by atoms with Crippen molar-refractivity contribution in [1.29, 1.82) is 0 Å². The van der Waals surface area contributed by atoms with Gasteiger partial charge in [-0.2, -0.15) is 11.8 Å². The van der Waals surface area contributed by atoms with Crippen molar-refractivity contribution >= 4 is 29.5 Å². The lowest BCUT2D eigenvalue weighted by atomic mass is 10.1. The molecule has 1 aromatic rings. The van der Waals surface area contributed by atoms with E-state index in [1.165, 1.54) is 18.6 Å². The van der Waals surface area contributed by atoms with Gasteiger partial charge in [0.25, 0.3) is 5.91 Å². The van der Waals surface area contributed by atoms with Gasteiger partial charge in [-0.05, 0) is 43.2 Å². The molecule has 142 valence electrons. The number of aliphatic imine (C=N–C) groups is 1. The highest BCUT2D eigenvalue weighted by atomic mass is 32.2. The van der Waals surface area contributed by atoms with Crippen molar-refractivity contribution in [1.82, 2.24) is 16.0 Å². The zero-order valence-electron chi connectivity index (χ0n) is 15.1. The van der Waals surface area contributed by atoms with Crippen molar-refractivity contribution < 1.29 is 9.59 Å². The van der Waals surface area contributed by atoms with Gasteiger partial charge in [-0.1, -0.05) is 12.1 Å². The van der Waals surface area contributed by atoms with E-state index in [1.807, 2.05) is 30.8 Å². The van der Waals surface area contributed by atoms with E-state index in [0.717, 1.165) is 24.6 Å². The summed E-state index contributed by atoms with van der Waals surface area (Å²) in [5, 5.41) is 9.78. The standard InChI is InChI=1S/C18H27N5O2S/c1-2-20-18(23-11-15-4-3-9-26-15)22-10-13-5-7-14(8-6-13)17(25)21-12-16(19)24/h5-8,15H,2-4,9-12H2,1H3,(H2,19,24)(H,21,25)(H2,20,22,23). The van der Waals surface area contributed by atoms with Gasteiger partial charge in [-0.3, -0.25) is 9.59 Å². The maximum atomic E-state index is 11.9. The van der Waals surface area contributed by atoms with Crippen LogP contribution in [0.3, 0.4) is 0 Å². The normalized spacial score (nSPS) is 17.0. The number of primary amides is 1. The minimum atomic E-state index is -0.566. The first-order valence-electron chi connectivity index (χ1n) is 8.87. The van der Waals surface area contributed by atoms with E-state index in [1.54, 1.807) is 12.1 Å². The van der Waals surface area contributed by atoms with Crippen LogP contribution in [0.2, 0.25) is 0 Å². The van der Waals surface area contributed by atoms with Crippen molar-refractivity contribution in [2.24, 2.45) is 10.7 Å². The topological polar surface area (TPSA) is 109 Å². The first kappa shape index (κ1) is 20.1. The van der Waals surface area contributed by atoms with Gasteiger partial charge < -0.3 is 21.7 Å². The number of thioether (sulfide) groups is 1. The number of nitrogens with one attached hydrogen (secondary N) is 3. The van der Waals surface area contributed by atoms with Crippen LogP contribution in [0.1, 0.15) is 35.7 Å². The summed E-state index contributed by atoms with van der Waals surface area (Å²) in [5.74, 6) is 1.18. The maximum Gasteiger partial charge on any atom is 0.251 e. The summed E-state index contributed by atoms with van der Waals surface area (Å²) >= 11 is 2.01. The number of carbonyl (C=O) groups is 2. The second-order valence-electron chi connectivity index (χ2n) is 6.06. The summed E-state index contributed by atoms with van der Waals surface area (Å²) in [6, 6.07) is 7.16. The highest BCUT2D eigenvalue weighted by molar-refractivity contribution is 8.00. The SMILES string of the molecule is CCNC(=NCc1ccc(C(=O)NCC(N)=O)cc1)NCC1CCCS1. The average Bonchev–Trinajstić information content (AvgIpc) is 3.16. The molecule has 1 aromatic carbocycles. The molecule has 1 aliphatic heterocycles. The van der Waals surface area contributed by atoms with Crippen LogP contribution in [-0.2, 0) is 11.3 Å². The van der Waals surface area contributed by atoms with Crippen LogP contribution in [0.15, 0.2) is 29.3 Å². The number of nitrogens with zero attached hydrogens (tertiary/aromatic N) is 1. The molecular formula is C18H27N5O2S. The first-order chi connectivity index (χ1) is 12.6. The Hall–Kier alpha value is -2.22. The van der Waals surface area contributed by atoms with Gasteiger partial charge in [-0.15, -0.1) is 0 Å². The van der Waals surface area contributed by atoms with Crippen LogP contribution >= 0.6 is 11.8 Å². The summed E-state index contributed by atoms with van der Waals surface area (Å²) < 4.78 is 0. The molecule has 2 amide bonds. The van der Waals surface area contributed by atoms with E-state index in [0.29, 0.717) is 17.4 Å². The molecule has 1 unspecified atom stereocenters. The Morgan fingerprint density at radius 1 is 1.23 bits per heavy atom. The van der Waals surface area contributed by atoms with E-state index in [4.69, 9.17) is 5.73 Å². The Morgan fingerprint density at radius 3 is 2.62 bits per heavy atom. The molecule has 0 bridgehead atoms. The van der Waals surface area contributed by atoms with Gasteiger partial charge >= 0.3 is 0 Å². The number of hydrogen-bond donors (Lipinski definition) is 4. The number of carbonyl (C=O) groups excluding carboxylic acids is 2. The highest BCUT2D eigenvalue weighted by Gasteiger charge is 2.15. The van der Waals surface area contributed by atoms with Crippen molar-refractivity contribution in [3.63, 3.8) is 0 Å². The molecule has 1 heterocycles. The fourth-order valence-electron chi connectivity index (χ4n) is 2.56. The van der Waals surface area contributed by atoms with Gasteiger partial charge in [-0.25, -0.2) is 4.99 Å². The summed E-state index contributed by atoms with van der Waals surface area (Å²) in [7, 11) is 0. The lowest BCUT2D eigenvalue weighted by Gasteiger charge is -2.14. The number of rotatable bonds is 8. The van der Waals surface area contributed by atoms with E-state index in [9.17, 15) is 9.59 Å². The second kappa shape index (κ2) is 10.7. The Balaban J connectivity index is 1.87. The predicted octanol–water partition coefficient (Wildman–Crippen LogP) is 0.852. The third-order valence-electron chi connectivity index (χ3n) is 3.92. The van der Waals surface area contributed by atoms with Crippen molar-refractivity contribution in [2.45, 2.75) is 31.6 Å². The molecule has 26 heavy (non-hydrogen) atoms. The van der Waals surface area contributed by atoms with Crippen LogP contribution in [0, 0.1) is 0 Å². The van der Waals surface area contributed by atoms with Gasteiger partial charge in [0.15, 0.2) is 5.96 Å². The Bertz CT molecular complexity index is 627. The second-order valence-corrected chi connectivity index (χ2v) is 7.47. The van der Waals surface area contributed by atoms with Gasteiger partial charge in [0, 0.05) is 23.9 Å². The van der Waals surface area contributed by atoms with Crippen LogP contribution in [0.25, 0.3) is 0 Å². The predicted molar refractivity (Wildman–Crippen MR) is 106 cm³/mol. The molecule has 0 aliphatic carbocycles. The third-order valence-corrected chi connectivity index (χ3v) is 5.32. The van der Waals surface area contributed by atoms with Crippen molar-refractivity contribution in [3.8, 4) is 0 Å². The van der Waals surface area contributed by atoms with E-state index in [2.05, 4.69) is 20.9 Å². The molecule has 8 heteroatoms. The molecule has 0 aromatic heterocycles. The van der Waals surface area contributed by atoms with E-state index < -0.39 is 5.91 Å². The Kier molecular flexibility index (Phi) is 8.27. The van der Waals surface area contributed by atoms with Gasteiger partial charge in [0.2, 0.25) is 5.91 Å². The van der Waals surface area contributed by atoms with E-state index >= 15 is 0 Å². The number of benzene rings is 1. The molecule has 0 radical (unpaired) electrons. The molecule has 2 rings (SSSR count). The Morgan fingerprint density at radius 2 is 2.00 bits per heavy atom. The minimum Gasteiger partial charge on any atom is -0.368 e. The quantitative estimate of drug-likeness (QED) is 0.397. The van der Waals surface area contributed by atoms with Gasteiger partial charge in [0.1, 0.15) is 0 Å². The summed E-state index contributed by atoms with van der Waals surface area (Å²) in [6.45, 7) is 4.14. The van der Waals surface area contributed by atoms with Crippen molar-refractivity contribution in [2.75, 3.05) is 25.4 Å². The van der Waals surface area contributed by atoms with Crippen LogP contribution < -0.4 is 21.7 Å². The molecule has 0 spiro atoms. The summed E-state index contributed by atoms with van der Waals surface area (Å²) in [6.07, 6.45) is 2.56. The number of amides is 2. The number of hydrogen-bond acceptors (Lipinski definition) is 4. The minimum absolute atomic E-state index is 0.165. The monoisotopic (exact) mass is 377 g/mol. The fraction of sp³-hybridized carbons (Fsp3) is 0.500. The lowest BCUT2D eigenvalue weighted by Crippen LogP contribution is -2.40. The maximum absolute atomic E-state index is 11.9. The van der Waals surface area contributed by atoms with E-state index in [-0.39, 0.29) is 12.5 Å². The fourth-order valence-corrected chi connectivity index (χ4v) is 3.76. The average molecular weight is 378 g/mol. The third kappa shape index (κ3) is 6.95. The summed E-state index contributed by atoms with van der Waals surface area (Å²) in [5.41, 5.74) is 6.51. The smallest absolute Gasteiger partial charge is 0.251 e. The Labute approximate surface area is 158 Å². The van der Waals surface area contributed by atoms with Gasteiger partial charge in [0.05, 0.1) is 13.1 Å². The molecule has 7 nitrogen and oxygen atoms in total. The molecule has 1 fully saturated rings. The molecule has 5 N–H and O–H groups in total. The number of guanidine groups is 1. The first-order valence-corrected chi connectivity index (χ1v) is 9.92. The molecule has 1 atom stereocenters. The van der Waals surface area contributed by atoms with Crippen molar-refractivity contribution in [3.05, 3.63) is 35.4 Å². The zero-order chi connectivity index (χ0) is 18.8. The largest absolute Gasteiger partial charge is 0.368 e. The van der Waals surface area contributed by atoms with Crippen LogP contribution in [-0.4, -0.2) is 48.4 Å². The van der Waals surface area contributed by atoms with Crippen LogP contribution in [0.5, 0.6) is 0 Å².